The zero-order chi connectivity index (χ0) is 15.6. The second-order valence-corrected chi connectivity index (χ2v) is 5.65. The number of anilines is 1. The van der Waals surface area contributed by atoms with Gasteiger partial charge < -0.3 is 10.1 Å². The summed E-state index contributed by atoms with van der Waals surface area (Å²) in [4.78, 5) is 15.6. The molecular formula is C15H16N6O2. The van der Waals surface area contributed by atoms with E-state index in [1.165, 1.54) is 0 Å². The molecule has 1 aliphatic carbocycles. The van der Waals surface area contributed by atoms with Crippen LogP contribution in [0.1, 0.15) is 19.3 Å². The van der Waals surface area contributed by atoms with E-state index in [0.29, 0.717) is 11.3 Å². The molecule has 0 aliphatic heterocycles. The first kappa shape index (κ1) is 13.7. The average Bonchev–Trinajstić information content (AvgIpc) is 3.15. The summed E-state index contributed by atoms with van der Waals surface area (Å²) in [5.74, 6) is 1.31. The highest BCUT2D eigenvalue weighted by molar-refractivity contribution is 5.79. The van der Waals surface area contributed by atoms with E-state index in [9.17, 15) is 4.79 Å². The molecule has 2 unspecified atom stereocenters. The number of aromatic amines is 2. The summed E-state index contributed by atoms with van der Waals surface area (Å²) in [5.41, 5.74) is 0.636. The Hall–Kier alpha value is -2.90. The fourth-order valence-corrected chi connectivity index (χ4v) is 2.96. The van der Waals surface area contributed by atoms with Crippen LogP contribution in [-0.2, 0) is 0 Å². The van der Waals surface area contributed by atoms with Crippen molar-refractivity contribution in [1.82, 2.24) is 25.4 Å². The van der Waals surface area contributed by atoms with Crippen molar-refractivity contribution < 1.29 is 4.74 Å². The molecule has 118 valence electrons. The van der Waals surface area contributed by atoms with Gasteiger partial charge in [0.05, 0.1) is 23.3 Å². The molecule has 0 amide bonds. The topological polar surface area (TPSA) is 109 Å². The molecular weight excluding hydrogens is 296 g/mol. The first-order valence-electron chi connectivity index (χ1n) is 7.55. The van der Waals surface area contributed by atoms with Crippen molar-refractivity contribution >= 4 is 16.9 Å². The number of benzene rings is 1. The van der Waals surface area contributed by atoms with Crippen LogP contribution in [0, 0.1) is 0 Å². The zero-order valence-corrected chi connectivity index (χ0v) is 12.3. The Labute approximate surface area is 131 Å². The van der Waals surface area contributed by atoms with E-state index >= 15 is 0 Å². The van der Waals surface area contributed by atoms with E-state index in [4.69, 9.17) is 4.74 Å². The molecule has 0 saturated heterocycles. The Balaban J connectivity index is 1.40. The quantitative estimate of drug-likeness (QED) is 0.673. The van der Waals surface area contributed by atoms with Crippen LogP contribution in [0.15, 0.2) is 35.4 Å². The smallest absolute Gasteiger partial charge is 0.271 e. The van der Waals surface area contributed by atoms with Crippen LogP contribution in [0.4, 0.5) is 5.95 Å². The number of aromatic nitrogens is 5. The number of rotatable bonds is 4. The average molecular weight is 312 g/mol. The number of ether oxygens (including phenoxy) is 1. The summed E-state index contributed by atoms with van der Waals surface area (Å²) in [6.45, 7) is 0. The van der Waals surface area contributed by atoms with Crippen molar-refractivity contribution in [1.29, 1.82) is 0 Å². The highest BCUT2D eigenvalue weighted by atomic mass is 16.5. The summed E-state index contributed by atoms with van der Waals surface area (Å²) in [6, 6.07) is 5.72. The fraction of sp³-hybridized carbons (Fsp3) is 0.333. The Kier molecular flexibility index (Phi) is 3.41. The SMILES string of the molecule is O=c1[nH][nH]c2cc(OC3CCC(Nc4nccnn4)C3)ccc12. The van der Waals surface area contributed by atoms with E-state index < -0.39 is 0 Å². The van der Waals surface area contributed by atoms with Crippen molar-refractivity contribution in [2.24, 2.45) is 0 Å². The van der Waals surface area contributed by atoms with E-state index in [2.05, 4.69) is 30.7 Å². The van der Waals surface area contributed by atoms with Crippen LogP contribution in [0.5, 0.6) is 5.75 Å². The third kappa shape index (κ3) is 2.87. The molecule has 8 nitrogen and oxygen atoms in total. The highest BCUT2D eigenvalue weighted by Gasteiger charge is 2.26. The summed E-state index contributed by atoms with van der Waals surface area (Å²) in [5, 5.41) is 17.1. The molecule has 3 N–H and O–H groups in total. The lowest BCUT2D eigenvalue weighted by Gasteiger charge is -2.15. The van der Waals surface area contributed by atoms with E-state index in [0.717, 1.165) is 30.5 Å². The van der Waals surface area contributed by atoms with Gasteiger partial charge in [0.1, 0.15) is 11.9 Å². The highest BCUT2D eigenvalue weighted by Crippen LogP contribution is 2.27. The van der Waals surface area contributed by atoms with Crippen LogP contribution < -0.4 is 15.6 Å². The number of H-pyrrole nitrogens is 2. The summed E-state index contributed by atoms with van der Waals surface area (Å²) >= 11 is 0. The van der Waals surface area contributed by atoms with Gasteiger partial charge in [0.15, 0.2) is 0 Å². The third-order valence-electron chi connectivity index (χ3n) is 4.05. The molecule has 2 atom stereocenters. The third-order valence-corrected chi connectivity index (χ3v) is 4.05. The van der Waals surface area contributed by atoms with Crippen LogP contribution in [0.2, 0.25) is 0 Å². The lowest BCUT2D eigenvalue weighted by Crippen LogP contribution is -2.20. The molecule has 0 spiro atoms. The molecule has 1 aromatic carbocycles. The van der Waals surface area contributed by atoms with Crippen molar-refractivity contribution in [3.05, 3.63) is 40.9 Å². The molecule has 4 rings (SSSR count). The molecule has 2 heterocycles. The van der Waals surface area contributed by atoms with Crippen LogP contribution in [-0.4, -0.2) is 37.5 Å². The molecule has 0 bridgehead atoms. The Morgan fingerprint density at radius 3 is 3.04 bits per heavy atom. The standard InChI is InChI=1S/C15H16N6O2/c22-14-12-4-3-11(8-13(12)19-20-14)23-10-2-1-9(7-10)18-15-16-5-6-17-21-15/h3-6,8-10H,1-2,7H2,(H,16,18,21)(H2,19,20,22). The minimum absolute atomic E-state index is 0.117. The van der Waals surface area contributed by atoms with Crippen LogP contribution >= 0.6 is 0 Å². The molecule has 2 aromatic heterocycles. The lowest BCUT2D eigenvalue weighted by atomic mass is 10.2. The van der Waals surface area contributed by atoms with Crippen molar-refractivity contribution in [2.75, 3.05) is 5.32 Å². The predicted molar refractivity (Wildman–Crippen MR) is 84.4 cm³/mol. The van der Waals surface area contributed by atoms with E-state index in [-0.39, 0.29) is 17.7 Å². The molecule has 3 aromatic rings. The van der Waals surface area contributed by atoms with Gasteiger partial charge in [-0.15, -0.1) is 5.10 Å². The fourth-order valence-electron chi connectivity index (χ4n) is 2.96. The normalized spacial score (nSPS) is 20.7. The number of nitrogens with one attached hydrogen (secondary N) is 3. The van der Waals surface area contributed by atoms with Gasteiger partial charge in [-0.05, 0) is 25.0 Å². The minimum Gasteiger partial charge on any atom is -0.490 e. The van der Waals surface area contributed by atoms with Gasteiger partial charge in [0.2, 0.25) is 5.95 Å². The molecule has 0 radical (unpaired) electrons. The summed E-state index contributed by atoms with van der Waals surface area (Å²) in [6.07, 6.45) is 6.12. The van der Waals surface area contributed by atoms with Gasteiger partial charge in [-0.1, -0.05) is 0 Å². The van der Waals surface area contributed by atoms with Gasteiger partial charge in [-0.25, -0.2) is 4.98 Å². The molecule has 8 heteroatoms. The second kappa shape index (κ2) is 5.71. The maximum Gasteiger partial charge on any atom is 0.271 e. The number of hydrogen-bond donors (Lipinski definition) is 3. The molecule has 1 fully saturated rings. The van der Waals surface area contributed by atoms with E-state index in [1.807, 2.05) is 12.1 Å². The minimum atomic E-state index is -0.117. The van der Waals surface area contributed by atoms with Crippen LogP contribution in [0.25, 0.3) is 10.9 Å². The van der Waals surface area contributed by atoms with E-state index in [1.54, 1.807) is 18.5 Å². The Morgan fingerprint density at radius 1 is 1.22 bits per heavy atom. The van der Waals surface area contributed by atoms with Gasteiger partial charge in [-0.3, -0.25) is 15.0 Å². The molecule has 1 saturated carbocycles. The van der Waals surface area contributed by atoms with Gasteiger partial charge in [0.25, 0.3) is 5.56 Å². The van der Waals surface area contributed by atoms with Crippen LogP contribution in [0.3, 0.4) is 0 Å². The lowest BCUT2D eigenvalue weighted by molar-refractivity contribution is 0.209. The monoisotopic (exact) mass is 312 g/mol. The Morgan fingerprint density at radius 2 is 2.17 bits per heavy atom. The maximum atomic E-state index is 11.5. The maximum absolute atomic E-state index is 11.5. The first-order chi connectivity index (χ1) is 11.3. The second-order valence-electron chi connectivity index (χ2n) is 5.65. The number of nitrogens with zero attached hydrogens (tertiary/aromatic N) is 3. The zero-order valence-electron chi connectivity index (χ0n) is 12.3. The predicted octanol–water partition coefficient (Wildman–Crippen LogP) is 1.45. The van der Waals surface area contributed by atoms with Crippen molar-refractivity contribution in [2.45, 2.75) is 31.4 Å². The summed E-state index contributed by atoms with van der Waals surface area (Å²) < 4.78 is 6.03. The van der Waals surface area contributed by atoms with Gasteiger partial charge >= 0.3 is 0 Å². The molecule has 1 aliphatic rings. The molecule has 23 heavy (non-hydrogen) atoms. The summed E-state index contributed by atoms with van der Waals surface area (Å²) in [7, 11) is 0. The first-order valence-corrected chi connectivity index (χ1v) is 7.55. The van der Waals surface area contributed by atoms with Crippen molar-refractivity contribution in [3.8, 4) is 5.75 Å². The van der Waals surface area contributed by atoms with Crippen molar-refractivity contribution in [3.63, 3.8) is 0 Å². The number of hydrogen-bond acceptors (Lipinski definition) is 6. The largest absolute Gasteiger partial charge is 0.490 e. The van der Waals surface area contributed by atoms with Gasteiger partial charge in [0, 0.05) is 18.5 Å². The van der Waals surface area contributed by atoms with Gasteiger partial charge in [-0.2, -0.15) is 5.10 Å². The number of fused-ring (bicyclic) bond motifs is 1. The Bertz CT molecular complexity index is 859.